The van der Waals surface area contributed by atoms with E-state index in [-0.39, 0.29) is 30.4 Å². The van der Waals surface area contributed by atoms with Crippen molar-refractivity contribution >= 4 is 30.1 Å². The second kappa shape index (κ2) is 9.82. The fourth-order valence-corrected chi connectivity index (χ4v) is 3.92. The fourth-order valence-electron chi connectivity index (χ4n) is 3.92. The molecule has 0 aromatic heterocycles. The van der Waals surface area contributed by atoms with Gasteiger partial charge in [0.25, 0.3) is 5.91 Å². The van der Waals surface area contributed by atoms with Crippen LogP contribution in [0.4, 0.5) is 10.5 Å². The third-order valence-electron chi connectivity index (χ3n) is 5.56. The molecule has 0 atom stereocenters. The van der Waals surface area contributed by atoms with Gasteiger partial charge in [-0.1, -0.05) is 12.1 Å². The van der Waals surface area contributed by atoms with Crippen molar-refractivity contribution < 1.29 is 19.1 Å². The smallest absolute Gasteiger partial charge is 0.415 e. The summed E-state index contributed by atoms with van der Waals surface area (Å²) in [5.74, 6) is 0.713. The first-order chi connectivity index (χ1) is 14.1. The number of hydrogen-bond acceptors (Lipinski definition) is 5. The Morgan fingerprint density at radius 1 is 0.967 bits per heavy atom. The van der Waals surface area contributed by atoms with E-state index in [0.29, 0.717) is 29.3 Å². The standard InChI is InChI=1S/C22H25N3O4.ClH/c1-28-20-5-3-2-4-19(20)21(26)23-16-6-8-18(9-7-16)29-22(27)25-15-14-24-12-10-17(25)11-13-24;/h2-9,17H,10-15H2,1H3,(H,23,26);1H. The zero-order chi connectivity index (χ0) is 20.2. The summed E-state index contributed by atoms with van der Waals surface area (Å²) >= 11 is 0. The molecule has 2 aromatic carbocycles. The molecule has 3 heterocycles. The largest absolute Gasteiger partial charge is 0.496 e. The van der Waals surface area contributed by atoms with Crippen LogP contribution in [0.15, 0.2) is 48.5 Å². The number of carbonyl (C=O) groups excluding carboxylic acids is 2. The van der Waals surface area contributed by atoms with Crippen LogP contribution in [0.1, 0.15) is 23.2 Å². The highest BCUT2D eigenvalue weighted by atomic mass is 35.5. The Balaban J connectivity index is 0.00000256. The molecule has 3 aliphatic rings. The normalized spacial score (nSPS) is 20.0. The van der Waals surface area contributed by atoms with Gasteiger partial charge in [0, 0.05) is 37.9 Å². The van der Waals surface area contributed by atoms with Crippen molar-refractivity contribution in [1.29, 1.82) is 0 Å². The van der Waals surface area contributed by atoms with Crippen molar-refractivity contribution in [1.82, 2.24) is 9.80 Å². The third kappa shape index (κ3) is 4.86. The minimum atomic E-state index is -0.301. The molecule has 2 aromatic rings. The first-order valence-corrected chi connectivity index (χ1v) is 9.89. The molecule has 8 heteroatoms. The molecular formula is C22H26ClN3O4. The van der Waals surface area contributed by atoms with E-state index in [1.165, 1.54) is 7.11 Å². The lowest BCUT2D eigenvalue weighted by Gasteiger charge is -2.30. The number of benzene rings is 2. The van der Waals surface area contributed by atoms with Gasteiger partial charge < -0.3 is 24.6 Å². The molecule has 30 heavy (non-hydrogen) atoms. The number of rotatable bonds is 4. The maximum Gasteiger partial charge on any atom is 0.415 e. The number of piperidine rings is 1. The van der Waals surface area contributed by atoms with E-state index in [9.17, 15) is 9.59 Å². The third-order valence-corrected chi connectivity index (χ3v) is 5.56. The van der Waals surface area contributed by atoms with E-state index >= 15 is 0 Å². The molecule has 0 spiro atoms. The number of halogens is 1. The van der Waals surface area contributed by atoms with Crippen LogP contribution in [0, 0.1) is 0 Å². The molecule has 5 rings (SSSR count). The quantitative estimate of drug-likeness (QED) is 0.800. The van der Waals surface area contributed by atoms with Gasteiger partial charge in [0.15, 0.2) is 0 Å². The molecule has 2 amide bonds. The van der Waals surface area contributed by atoms with Crippen molar-refractivity contribution in [3.8, 4) is 11.5 Å². The summed E-state index contributed by atoms with van der Waals surface area (Å²) in [7, 11) is 1.53. The number of para-hydroxylation sites is 1. The van der Waals surface area contributed by atoms with E-state index < -0.39 is 0 Å². The number of amides is 2. The summed E-state index contributed by atoms with van der Waals surface area (Å²) in [6.07, 6.45) is 1.70. The monoisotopic (exact) mass is 431 g/mol. The van der Waals surface area contributed by atoms with Crippen LogP contribution in [0.3, 0.4) is 0 Å². The molecule has 3 aliphatic heterocycles. The minimum absolute atomic E-state index is 0. The van der Waals surface area contributed by atoms with Crippen LogP contribution in [0.2, 0.25) is 0 Å². The number of carbonyl (C=O) groups is 2. The second-order valence-corrected chi connectivity index (χ2v) is 7.31. The average Bonchev–Trinajstić information content (AvgIpc) is 3.09. The van der Waals surface area contributed by atoms with E-state index in [1.807, 2.05) is 11.0 Å². The Morgan fingerprint density at radius 2 is 1.67 bits per heavy atom. The van der Waals surface area contributed by atoms with E-state index in [1.54, 1.807) is 42.5 Å². The molecular weight excluding hydrogens is 406 g/mol. The Hall–Kier alpha value is -2.77. The summed E-state index contributed by atoms with van der Waals surface area (Å²) < 4.78 is 10.8. The number of fused-ring (bicyclic) bond motifs is 4. The van der Waals surface area contributed by atoms with Crippen molar-refractivity contribution in [2.45, 2.75) is 18.9 Å². The Bertz CT molecular complexity index is 882. The summed E-state index contributed by atoms with van der Waals surface area (Å²) in [5.41, 5.74) is 1.07. The number of methoxy groups -OCH3 is 1. The lowest BCUT2D eigenvalue weighted by atomic mass is 10.1. The van der Waals surface area contributed by atoms with Crippen LogP contribution in [-0.4, -0.2) is 61.1 Å². The summed E-state index contributed by atoms with van der Waals surface area (Å²) in [4.78, 5) is 29.4. The van der Waals surface area contributed by atoms with Gasteiger partial charge in [0.1, 0.15) is 11.5 Å². The predicted octanol–water partition coefficient (Wildman–Crippen LogP) is 3.65. The van der Waals surface area contributed by atoms with Gasteiger partial charge in [0.2, 0.25) is 0 Å². The number of ether oxygens (including phenoxy) is 2. The summed E-state index contributed by atoms with van der Waals surface area (Å²) in [5, 5.41) is 2.83. The zero-order valence-corrected chi connectivity index (χ0v) is 17.7. The van der Waals surface area contributed by atoms with Gasteiger partial charge in [-0.3, -0.25) is 4.79 Å². The predicted molar refractivity (Wildman–Crippen MR) is 117 cm³/mol. The molecule has 0 aliphatic carbocycles. The van der Waals surface area contributed by atoms with E-state index in [4.69, 9.17) is 9.47 Å². The lowest BCUT2D eigenvalue weighted by Crippen LogP contribution is -2.43. The van der Waals surface area contributed by atoms with Crippen molar-refractivity contribution in [3.05, 3.63) is 54.1 Å². The van der Waals surface area contributed by atoms with Crippen LogP contribution in [0.5, 0.6) is 11.5 Å². The van der Waals surface area contributed by atoms with Gasteiger partial charge in [-0.05, 0) is 49.2 Å². The van der Waals surface area contributed by atoms with Crippen LogP contribution in [0.25, 0.3) is 0 Å². The molecule has 0 saturated carbocycles. The average molecular weight is 432 g/mol. The lowest BCUT2D eigenvalue weighted by molar-refractivity contribution is 0.102. The van der Waals surface area contributed by atoms with Gasteiger partial charge in [0.05, 0.1) is 12.7 Å². The molecule has 2 bridgehead atoms. The zero-order valence-electron chi connectivity index (χ0n) is 16.9. The maximum atomic E-state index is 12.6. The summed E-state index contributed by atoms with van der Waals surface area (Å²) in [6, 6.07) is 14.1. The molecule has 3 saturated heterocycles. The number of nitrogens with one attached hydrogen (secondary N) is 1. The van der Waals surface area contributed by atoms with E-state index in [0.717, 1.165) is 32.5 Å². The van der Waals surface area contributed by atoms with Crippen molar-refractivity contribution in [2.75, 3.05) is 38.6 Å². The molecule has 0 unspecified atom stereocenters. The fraction of sp³-hybridized carbons (Fsp3) is 0.364. The second-order valence-electron chi connectivity index (χ2n) is 7.31. The van der Waals surface area contributed by atoms with Gasteiger partial charge in [-0.15, -0.1) is 12.4 Å². The molecule has 0 radical (unpaired) electrons. The number of nitrogens with zero attached hydrogens (tertiary/aromatic N) is 2. The van der Waals surface area contributed by atoms with Crippen LogP contribution >= 0.6 is 12.4 Å². The van der Waals surface area contributed by atoms with Gasteiger partial charge in [-0.2, -0.15) is 0 Å². The van der Waals surface area contributed by atoms with Crippen LogP contribution in [-0.2, 0) is 0 Å². The number of anilines is 1. The SMILES string of the molecule is COc1ccccc1C(=O)Nc1ccc(OC(=O)N2CCN3CCC2CC3)cc1.Cl. The highest BCUT2D eigenvalue weighted by Gasteiger charge is 2.32. The maximum absolute atomic E-state index is 12.6. The van der Waals surface area contributed by atoms with E-state index in [2.05, 4.69) is 10.2 Å². The molecule has 3 fully saturated rings. The first kappa shape index (κ1) is 21.9. The van der Waals surface area contributed by atoms with Gasteiger partial charge >= 0.3 is 6.09 Å². The molecule has 1 N–H and O–H groups in total. The Labute approximate surface area is 182 Å². The topological polar surface area (TPSA) is 71.1 Å². The minimum Gasteiger partial charge on any atom is -0.496 e. The molecule has 160 valence electrons. The summed E-state index contributed by atoms with van der Waals surface area (Å²) in [6.45, 7) is 3.71. The van der Waals surface area contributed by atoms with Crippen molar-refractivity contribution in [3.63, 3.8) is 0 Å². The van der Waals surface area contributed by atoms with Crippen LogP contribution < -0.4 is 14.8 Å². The first-order valence-electron chi connectivity index (χ1n) is 9.89. The van der Waals surface area contributed by atoms with Gasteiger partial charge in [-0.25, -0.2) is 4.79 Å². The van der Waals surface area contributed by atoms with Crippen molar-refractivity contribution in [2.24, 2.45) is 0 Å². The Morgan fingerprint density at radius 3 is 2.37 bits per heavy atom. The Kier molecular flexibility index (Phi) is 7.18. The molecule has 7 nitrogen and oxygen atoms in total. The highest BCUT2D eigenvalue weighted by Crippen LogP contribution is 2.24. The number of hydrogen-bond donors (Lipinski definition) is 1. The highest BCUT2D eigenvalue weighted by molar-refractivity contribution is 6.06.